The number of nitrogens with zero attached hydrogens (tertiary/aromatic N) is 5. The lowest BCUT2D eigenvalue weighted by Gasteiger charge is -2.13. The summed E-state index contributed by atoms with van der Waals surface area (Å²) in [6, 6.07) is 16.7. The van der Waals surface area contributed by atoms with Gasteiger partial charge in [-0.3, -0.25) is 0 Å². The van der Waals surface area contributed by atoms with Gasteiger partial charge in [0, 0.05) is 12.3 Å². The van der Waals surface area contributed by atoms with Gasteiger partial charge in [0.25, 0.3) is 5.89 Å². The number of hydrogen-bond acceptors (Lipinski definition) is 9. The van der Waals surface area contributed by atoms with Gasteiger partial charge >= 0.3 is 0 Å². The summed E-state index contributed by atoms with van der Waals surface area (Å²) in [6.45, 7) is 1.69. The molecule has 0 saturated heterocycles. The van der Waals surface area contributed by atoms with Crippen LogP contribution in [0.2, 0.25) is 0 Å². The van der Waals surface area contributed by atoms with E-state index in [1.165, 1.54) is 6.33 Å². The molecule has 1 N–H and O–H groups in total. The van der Waals surface area contributed by atoms with Crippen LogP contribution in [0.3, 0.4) is 0 Å². The Labute approximate surface area is 183 Å². The van der Waals surface area contributed by atoms with Crippen LogP contribution in [0.25, 0.3) is 22.5 Å². The van der Waals surface area contributed by atoms with E-state index in [2.05, 4.69) is 30.5 Å². The number of fused-ring (bicyclic) bond motifs is 1. The van der Waals surface area contributed by atoms with Crippen molar-refractivity contribution in [3.63, 3.8) is 0 Å². The van der Waals surface area contributed by atoms with E-state index in [1.54, 1.807) is 73.8 Å². The fourth-order valence-corrected chi connectivity index (χ4v) is 4.67. The maximum atomic E-state index is 13.2. The normalized spacial score (nSPS) is 11.5. The van der Waals surface area contributed by atoms with Gasteiger partial charge in [0.05, 0.1) is 27.2 Å². The average Bonchev–Trinajstić information content (AvgIpc) is 3.26. The number of aromatic nitrogens is 5. The van der Waals surface area contributed by atoms with Crippen LogP contribution in [0.5, 0.6) is 0 Å². The molecule has 158 valence electrons. The predicted molar refractivity (Wildman–Crippen MR) is 117 cm³/mol. The number of rotatable bonds is 5. The smallest absolute Gasteiger partial charge is 0.266 e. The Morgan fingerprint density at radius 3 is 2.47 bits per heavy atom. The number of aryl methyl sites for hydroxylation is 1. The number of nitrogens with one attached hydrogen (secondary N) is 1. The highest BCUT2D eigenvalue weighted by atomic mass is 32.2. The Morgan fingerprint density at radius 1 is 0.906 bits per heavy atom. The second-order valence-electron chi connectivity index (χ2n) is 6.87. The fourth-order valence-electron chi connectivity index (χ4n) is 3.23. The third-order valence-corrected chi connectivity index (χ3v) is 6.58. The highest BCUT2D eigenvalue weighted by molar-refractivity contribution is 7.91. The molecule has 0 unspecified atom stereocenters. The van der Waals surface area contributed by atoms with E-state index in [9.17, 15) is 8.42 Å². The number of para-hydroxylation sites is 1. The average molecular weight is 444 g/mol. The minimum absolute atomic E-state index is 0.139. The lowest BCUT2D eigenvalue weighted by Crippen LogP contribution is -2.06. The van der Waals surface area contributed by atoms with E-state index >= 15 is 0 Å². The lowest BCUT2D eigenvalue weighted by molar-refractivity contribution is 0.531. The van der Waals surface area contributed by atoms with Crippen molar-refractivity contribution in [1.29, 1.82) is 0 Å². The summed E-state index contributed by atoms with van der Waals surface area (Å²) in [6.07, 6.45) is 2.96. The van der Waals surface area contributed by atoms with Crippen LogP contribution in [0.15, 0.2) is 87.4 Å². The van der Waals surface area contributed by atoms with E-state index in [1.807, 2.05) is 0 Å². The van der Waals surface area contributed by atoms with Gasteiger partial charge in [-0.05, 0) is 30.3 Å². The Bertz CT molecular complexity index is 1530. The second kappa shape index (κ2) is 7.82. The summed E-state index contributed by atoms with van der Waals surface area (Å²) in [5.41, 5.74) is 1.43. The summed E-state index contributed by atoms with van der Waals surface area (Å²) in [4.78, 5) is 13.2. The minimum atomic E-state index is -3.74. The van der Waals surface area contributed by atoms with Gasteiger partial charge in [0.2, 0.25) is 15.7 Å². The van der Waals surface area contributed by atoms with Gasteiger partial charge < -0.3 is 9.73 Å². The van der Waals surface area contributed by atoms with Gasteiger partial charge in [0.1, 0.15) is 17.8 Å². The molecule has 5 rings (SSSR count). The first kappa shape index (κ1) is 19.8. The maximum Gasteiger partial charge on any atom is 0.266 e. The molecule has 0 atom stereocenters. The molecule has 0 fully saturated rings. The quantitative estimate of drug-likeness (QED) is 0.429. The van der Waals surface area contributed by atoms with Crippen molar-refractivity contribution >= 4 is 32.2 Å². The highest BCUT2D eigenvalue weighted by Crippen LogP contribution is 2.32. The van der Waals surface area contributed by atoms with Crippen LogP contribution < -0.4 is 5.32 Å². The molecule has 3 aromatic heterocycles. The molecule has 10 heteroatoms. The monoisotopic (exact) mass is 444 g/mol. The third-order valence-electron chi connectivity index (χ3n) is 4.75. The Kier molecular flexibility index (Phi) is 4.83. The first-order valence-corrected chi connectivity index (χ1v) is 11.1. The molecule has 0 radical (unpaired) electrons. The van der Waals surface area contributed by atoms with Crippen LogP contribution in [0, 0.1) is 6.92 Å². The molecule has 5 aromatic rings. The zero-order valence-corrected chi connectivity index (χ0v) is 17.6. The summed E-state index contributed by atoms with van der Waals surface area (Å²) in [7, 11) is -3.74. The van der Waals surface area contributed by atoms with Gasteiger partial charge in [-0.25, -0.2) is 23.4 Å². The van der Waals surface area contributed by atoms with Crippen LogP contribution in [0.1, 0.15) is 5.89 Å². The number of benzene rings is 2. The van der Waals surface area contributed by atoms with Crippen LogP contribution >= 0.6 is 0 Å². The number of anilines is 2. The first-order chi connectivity index (χ1) is 15.5. The molecule has 0 aliphatic rings. The largest absolute Gasteiger partial charge is 0.420 e. The Morgan fingerprint density at radius 2 is 1.69 bits per heavy atom. The van der Waals surface area contributed by atoms with Crippen LogP contribution in [-0.2, 0) is 9.84 Å². The number of sulfone groups is 1. The topological polar surface area (TPSA) is 124 Å². The fraction of sp³-hybridized carbons (Fsp3) is 0.0455. The van der Waals surface area contributed by atoms with Crippen molar-refractivity contribution in [3.05, 3.63) is 79.1 Å². The molecule has 0 amide bonds. The molecule has 3 heterocycles. The van der Waals surface area contributed by atoms with E-state index < -0.39 is 9.84 Å². The second-order valence-corrected chi connectivity index (χ2v) is 8.79. The minimum Gasteiger partial charge on any atom is -0.420 e. The summed E-state index contributed by atoms with van der Waals surface area (Å²) >= 11 is 0. The highest BCUT2D eigenvalue weighted by Gasteiger charge is 2.21. The molecule has 0 spiro atoms. The van der Waals surface area contributed by atoms with Crippen molar-refractivity contribution in [3.8, 4) is 11.6 Å². The van der Waals surface area contributed by atoms with Crippen LogP contribution in [-0.4, -0.2) is 33.6 Å². The molecule has 0 bridgehead atoms. The molecule has 9 nitrogen and oxygen atoms in total. The van der Waals surface area contributed by atoms with Crippen molar-refractivity contribution in [2.24, 2.45) is 0 Å². The number of pyridine rings is 1. The van der Waals surface area contributed by atoms with E-state index in [0.29, 0.717) is 34.0 Å². The zero-order chi connectivity index (χ0) is 22.1. The van der Waals surface area contributed by atoms with Crippen molar-refractivity contribution in [2.45, 2.75) is 16.7 Å². The SMILES string of the molecule is Cc1nnc(-c2cc3c(Nc4ccccc4S(=O)(=O)c4ccccc4)ncnc3cn2)o1. The molecule has 2 aromatic carbocycles. The molecule has 0 aliphatic heterocycles. The molecular formula is C22H16N6O3S. The maximum absolute atomic E-state index is 13.2. The summed E-state index contributed by atoms with van der Waals surface area (Å²) < 4.78 is 31.9. The lowest BCUT2D eigenvalue weighted by atomic mass is 10.2. The van der Waals surface area contributed by atoms with E-state index in [0.717, 1.165) is 0 Å². The standard InChI is InChI=1S/C22H16N6O3S/c1-14-27-28-22(31-14)18-11-16-19(12-23-18)24-13-25-21(16)26-17-9-5-6-10-20(17)32(29,30)15-7-3-2-4-8-15/h2-13H,1H3,(H,24,25,26). The van der Waals surface area contributed by atoms with E-state index in [-0.39, 0.29) is 15.7 Å². The predicted octanol–water partition coefficient (Wildman–Crippen LogP) is 3.96. The van der Waals surface area contributed by atoms with Gasteiger partial charge in [0.15, 0.2) is 0 Å². The van der Waals surface area contributed by atoms with Gasteiger partial charge in [-0.1, -0.05) is 30.3 Å². The summed E-state index contributed by atoms with van der Waals surface area (Å²) in [5.74, 6) is 1.11. The van der Waals surface area contributed by atoms with Gasteiger partial charge in [-0.15, -0.1) is 10.2 Å². The summed E-state index contributed by atoms with van der Waals surface area (Å²) in [5, 5.41) is 11.6. The zero-order valence-electron chi connectivity index (χ0n) is 16.8. The molecule has 0 saturated carbocycles. The Hall–Kier alpha value is -4.18. The third kappa shape index (κ3) is 3.56. The molecular weight excluding hydrogens is 428 g/mol. The van der Waals surface area contributed by atoms with Crippen molar-refractivity contribution < 1.29 is 12.8 Å². The van der Waals surface area contributed by atoms with E-state index in [4.69, 9.17) is 4.42 Å². The van der Waals surface area contributed by atoms with Crippen molar-refractivity contribution in [1.82, 2.24) is 25.1 Å². The molecule has 32 heavy (non-hydrogen) atoms. The number of hydrogen-bond donors (Lipinski definition) is 1. The van der Waals surface area contributed by atoms with Gasteiger partial charge in [-0.2, -0.15) is 0 Å². The van der Waals surface area contributed by atoms with Crippen molar-refractivity contribution in [2.75, 3.05) is 5.32 Å². The Balaban J connectivity index is 1.60. The van der Waals surface area contributed by atoms with Crippen LogP contribution in [0.4, 0.5) is 11.5 Å². The first-order valence-electron chi connectivity index (χ1n) is 9.60. The molecule has 0 aliphatic carbocycles.